The largest absolute Gasteiger partial charge is 0.322 e. The molecule has 26 heavy (non-hydrogen) atoms. The van der Waals surface area contributed by atoms with Gasteiger partial charge in [-0.15, -0.1) is 0 Å². The van der Waals surface area contributed by atoms with Gasteiger partial charge in [0.1, 0.15) is 5.82 Å². The molecule has 1 aliphatic heterocycles. The molecule has 1 aliphatic rings. The summed E-state index contributed by atoms with van der Waals surface area (Å²) in [6.45, 7) is 1.53. The number of hydrogen-bond donors (Lipinski definition) is 1. The number of hydrogen-bond acceptors (Lipinski definition) is 4. The van der Waals surface area contributed by atoms with Gasteiger partial charge < -0.3 is 5.32 Å². The number of anilines is 2. The molecule has 9 heteroatoms. The molecule has 3 rings (SSSR count). The number of sulfonamides is 1. The van der Waals surface area contributed by atoms with Gasteiger partial charge in [-0.25, -0.2) is 17.1 Å². The molecular weight excluding hydrogens is 383 g/mol. The van der Waals surface area contributed by atoms with Gasteiger partial charge >= 0.3 is 0 Å². The summed E-state index contributed by atoms with van der Waals surface area (Å²) in [6, 6.07) is 9.13. The smallest absolute Gasteiger partial charge is 0.257 e. The minimum atomic E-state index is -3.75. The van der Waals surface area contributed by atoms with E-state index in [-0.39, 0.29) is 22.0 Å². The molecule has 0 unspecified atom stereocenters. The second kappa shape index (κ2) is 6.69. The lowest BCUT2D eigenvalue weighted by molar-refractivity contribution is -0.119. The molecule has 2 aromatic rings. The van der Waals surface area contributed by atoms with Crippen molar-refractivity contribution in [2.45, 2.75) is 6.92 Å². The van der Waals surface area contributed by atoms with Gasteiger partial charge in [-0.1, -0.05) is 18.5 Å². The van der Waals surface area contributed by atoms with Crippen molar-refractivity contribution in [1.29, 1.82) is 0 Å². The fraction of sp³-hybridized carbons (Fsp3) is 0.176. The summed E-state index contributed by atoms with van der Waals surface area (Å²) in [4.78, 5) is 24.4. The standard InChI is InChI=1S/C17H14ClFN2O4S/c1-10-9-26(24,25)21(17(10)23)13-6-7-14(15(18)8-13)16(22)20-12-4-2-11(19)3-5-12/h2-8,10H,9H2,1H3,(H,20,22)/t10-/m1/s1. The number of benzene rings is 2. The normalized spacial score (nSPS) is 18.8. The Morgan fingerprint density at radius 3 is 2.42 bits per heavy atom. The molecule has 0 bridgehead atoms. The van der Waals surface area contributed by atoms with E-state index in [1.807, 2.05) is 0 Å². The van der Waals surface area contributed by atoms with Gasteiger partial charge in [0.15, 0.2) is 0 Å². The third kappa shape index (κ3) is 3.42. The highest BCUT2D eigenvalue weighted by molar-refractivity contribution is 7.94. The van der Waals surface area contributed by atoms with Crippen LogP contribution < -0.4 is 9.62 Å². The fourth-order valence-electron chi connectivity index (χ4n) is 2.63. The highest BCUT2D eigenvalue weighted by atomic mass is 35.5. The average Bonchev–Trinajstić information content (AvgIpc) is 2.77. The minimum Gasteiger partial charge on any atom is -0.322 e. The second-order valence-electron chi connectivity index (χ2n) is 5.91. The Labute approximate surface area is 154 Å². The number of amides is 2. The zero-order chi connectivity index (χ0) is 19.1. The van der Waals surface area contributed by atoms with E-state index >= 15 is 0 Å². The first-order chi connectivity index (χ1) is 12.2. The molecule has 1 heterocycles. The van der Waals surface area contributed by atoms with Crippen LogP contribution in [0.15, 0.2) is 42.5 Å². The summed E-state index contributed by atoms with van der Waals surface area (Å²) in [6.07, 6.45) is 0. The number of carbonyl (C=O) groups excluding carboxylic acids is 2. The predicted octanol–water partition coefficient (Wildman–Crippen LogP) is 3.04. The Morgan fingerprint density at radius 2 is 1.88 bits per heavy atom. The van der Waals surface area contributed by atoms with Crippen LogP contribution in [0, 0.1) is 11.7 Å². The molecule has 0 aliphatic carbocycles. The predicted molar refractivity (Wildman–Crippen MR) is 96.2 cm³/mol. The number of nitrogens with zero attached hydrogens (tertiary/aromatic N) is 1. The highest BCUT2D eigenvalue weighted by Gasteiger charge is 2.42. The molecule has 0 aromatic heterocycles. The lowest BCUT2D eigenvalue weighted by atomic mass is 10.1. The number of nitrogens with one attached hydrogen (secondary N) is 1. The van der Waals surface area contributed by atoms with E-state index in [2.05, 4.69) is 5.32 Å². The summed E-state index contributed by atoms with van der Waals surface area (Å²) < 4.78 is 37.9. The van der Waals surface area contributed by atoms with E-state index in [1.54, 1.807) is 0 Å². The van der Waals surface area contributed by atoms with Gasteiger partial charge in [-0.3, -0.25) is 9.59 Å². The lowest BCUT2D eigenvalue weighted by Gasteiger charge is -2.16. The van der Waals surface area contributed by atoms with Crippen LogP contribution in [0.3, 0.4) is 0 Å². The maximum atomic E-state index is 12.9. The van der Waals surface area contributed by atoms with Crippen molar-refractivity contribution in [1.82, 2.24) is 0 Å². The monoisotopic (exact) mass is 396 g/mol. The van der Waals surface area contributed by atoms with E-state index in [1.165, 1.54) is 49.4 Å². The molecule has 2 amide bonds. The summed E-state index contributed by atoms with van der Waals surface area (Å²) in [5.41, 5.74) is 0.558. The van der Waals surface area contributed by atoms with Gasteiger partial charge in [0.05, 0.1) is 27.9 Å². The maximum absolute atomic E-state index is 12.9. The third-order valence-electron chi connectivity index (χ3n) is 3.89. The summed E-state index contributed by atoms with van der Waals surface area (Å²) in [5.74, 6) is -2.42. The van der Waals surface area contributed by atoms with Crippen LogP contribution in [0.4, 0.5) is 15.8 Å². The molecule has 6 nitrogen and oxygen atoms in total. The molecule has 0 saturated carbocycles. The molecular formula is C17H14ClFN2O4S. The van der Waals surface area contributed by atoms with Crippen LogP contribution in [0.25, 0.3) is 0 Å². The third-order valence-corrected chi connectivity index (χ3v) is 6.08. The Balaban J connectivity index is 1.87. The molecule has 1 atom stereocenters. The van der Waals surface area contributed by atoms with Crippen molar-refractivity contribution in [3.63, 3.8) is 0 Å². The quantitative estimate of drug-likeness (QED) is 0.864. The van der Waals surface area contributed by atoms with Crippen LogP contribution in [0.2, 0.25) is 5.02 Å². The van der Waals surface area contributed by atoms with Crippen LogP contribution in [0.5, 0.6) is 0 Å². The topological polar surface area (TPSA) is 83.6 Å². The van der Waals surface area contributed by atoms with Crippen molar-refractivity contribution in [3.05, 3.63) is 58.9 Å². The molecule has 2 aromatic carbocycles. The van der Waals surface area contributed by atoms with E-state index < -0.39 is 33.6 Å². The lowest BCUT2D eigenvalue weighted by Crippen LogP contribution is -2.30. The first-order valence-corrected chi connectivity index (χ1v) is 9.61. The zero-order valence-corrected chi connectivity index (χ0v) is 15.1. The number of halogens is 2. The summed E-state index contributed by atoms with van der Waals surface area (Å²) in [5, 5.41) is 2.55. The van der Waals surface area contributed by atoms with Crippen molar-refractivity contribution >= 4 is 44.8 Å². The molecule has 1 N–H and O–H groups in total. The van der Waals surface area contributed by atoms with Gasteiger partial charge in [0, 0.05) is 5.69 Å². The van der Waals surface area contributed by atoms with Crippen molar-refractivity contribution in [3.8, 4) is 0 Å². The van der Waals surface area contributed by atoms with Gasteiger partial charge in [0.25, 0.3) is 5.91 Å². The number of rotatable bonds is 3. The Bertz CT molecular complexity index is 992. The minimum absolute atomic E-state index is 0.00957. The molecule has 0 radical (unpaired) electrons. The maximum Gasteiger partial charge on any atom is 0.257 e. The molecule has 1 saturated heterocycles. The van der Waals surface area contributed by atoms with Crippen molar-refractivity contribution < 1.29 is 22.4 Å². The SMILES string of the molecule is C[C@@H]1CS(=O)(=O)N(c2ccc(C(=O)Nc3ccc(F)cc3)c(Cl)c2)C1=O. The Kier molecular flexibility index (Phi) is 4.72. The molecule has 1 fully saturated rings. The summed E-state index contributed by atoms with van der Waals surface area (Å²) >= 11 is 6.12. The molecule has 0 spiro atoms. The van der Waals surface area contributed by atoms with Crippen LogP contribution in [-0.4, -0.2) is 26.0 Å². The Morgan fingerprint density at radius 1 is 1.23 bits per heavy atom. The van der Waals surface area contributed by atoms with Crippen LogP contribution in [-0.2, 0) is 14.8 Å². The van der Waals surface area contributed by atoms with E-state index in [4.69, 9.17) is 11.6 Å². The average molecular weight is 397 g/mol. The van der Waals surface area contributed by atoms with E-state index in [0.717, 1.165) is 0 Å². The Hall–Kier alpha value is -2.45. The fourth-order valence-corrected chi connectivity index (χ4v) is 4.71. The van der Waals surface area contributed by atoms with Crippen molar-refractivity contribution in [2.75, 3.05) is 15.4 Å². The molecule has 136 valence electrons. The highest BCUT2D eigenvalue weighted by Crippen LogP contribution is 2.31. The van der Waals surface area contributed by atoms with Crippen molar-refractivity contribution in [2.24, 2.45) is 5.92 Å². The first kappa shape index (κ1) is 18.3. The second-order valence-corrected chi connectivity index (χ2v) is 8.18. The van der Waals surface area contributed by atoms with Gasteiger partial charge in [0.2, 0.25) is 15.9 Å². The first-order valence-electron chi connectivity index (χ1n) is 7.62. The van der Waals surface area contributed by atoms with E-state index in [0.29, 0.717) is 9.99 Å². The number of carbonyl (C=O) groups is 2. The van der Waals surface area contributed by atoms with E-state index in [9.17, 15) is 22.4 Å². The summed E-state index contributed by atoms with van der Waals surface area (Å²) in [7, 11) is -3.75. The van der Waals surface area contributed by atoms with Gasteiger partial charge in [-0.2, -0.15) is 0 Å². The zero-order valence-electron chi connectivity index (χ0n) is 13.6. The van der Waals surface area contributed by atoms with Gasteiger partial charge in [-0.05, 0) is 42.5 Å². The van der Waals surface area contributed by atoms with Crippen LogP contribution >= 0.6 is 11.6 Å². The van der Waals surface area contributed by atoms with Crippen LogP contribution in [0.1, 0.15) is 17.3 Å².